The van der Waals surface area contributed by atoms with Gasteiger partial charge in [0.05, 0.1) is 58.9 Å². The number of fused-ring (bicyclic) bond motifs is 1. The van der Waals surface area contributed by atoms with Gasteiger partial charge in [-0.25, -0.2) is 0 Å². The number of carbonyl (C=O) groups excluding carboxylic acids is 6. The molecule has 0 aromatic rings. The molecule has 2 aliphatic carbocycles. The third kappa shape index (κ3) is 19.4. The monoisotopic (exact) mass is 692 g/mol. The zero-order valence-corrected chi connectivity index (χ0v) is 29.2. The molecular formula is C35H56N4O10. The van der Waals surface area contributed by atoms with Crippen molar-refractivity contribution in [2.24, 2.45) is 17.8 Å². The molecule has 3 atom stereocenters. The zero-order chi connectivity index (χ0) is 35.7. The van der Waals surface area contributed by atoms with Crippen LogP contribution in [0.25, 0.3) is 0 Å². The molecule has 2 unspecified atom stereocenters. The van der Waals surface area contributed by atoms with Crippen molar-refractivity contribution >= 4 is 35.2 Å². The molecule has 0 aliphatic heterocycles. The number of carbonyl (C=O) groups is 6. The Hall–Kier alpha value is -3.38. The summed E-state index contributed by atoms with van der Waals surface area (Å²) < 4.78 is 21.9. The Labute approximate surface area is 290 Å². The normalized spacial score (nSPS) is 18.4. The van der Waals surface area contributed by atoms with Crippen molar-refractivity contribution in [1.29, 1.82) is 0 Å². The summed E-state index contributed by atoms with van der Waals surface area (Å²) in [6.45, 7) is 3.21. The molecule has 2 rings (SSSR count). The van der Waals surface area contributed by atoms with Crippen LogP contribution in [0.15, 0.2) is 0 Å². The lowest BCUT2D eigenvalue weighted by Crippen LogP contribution is -2.42. The average Bonchev–Trinajstić information content (AvgIpc) is 3.72. The number of rotatable bonds is 28. The van der Waals surface area contributed by atoms with Crippen LogP contribution < -0.4 is 21.3 Å². The standard InChI is InChI=1S/C35H56N4O10/c1-36-32(42)13-10-26(40)9-11-30(31(41)12-14-33(43)37-2)39-34(44)15-17-46-19-21-48-23-24-49-22-20-47-18-16-38-35(45)25-29-27-7-5-3-4-6-8-28(27)29/h27-30H,5-25H2,1-2H3,(H,36,42)(H,37,43)(H,38,45)(H,39,44)/t27?,28?,29?,30-/m0/s1. The lowest BCUT2D eigenvalue weighted by Gasteiger charge is -2.17. The summed E-state index contributed by atoms with van der Waals surface area (Å²) in [5.41, 5.74) is 0. The van der Waals surface area contributed by atoms with Gasteiger partial charge in [0.25, 0.3) is 0 Å². The summed E-state index contributed by atoms with van der Waals surface area (Å²) in [5, 5.41) is 10.5. The first-order chi connectivity index (χ1) is 23.7. The van der Waals surface area contributed by atoms with E-state index in [1.807, 2.05) is 0 Å². The number of Topliss-reactive ketones (excluding diaryl/α,β-unsaturated/α-hetero) is 2. The van der Waals surface area contributed by atoms with Crippen LogP contribution in [0.5, 0.6) is 0 Å². The van der Waals surface area contributed by atoms with Crippen LogP contribution in [0.4, 0.5) is 0 Å². The Morgan fingerprint density at radius 2 is 1.14 bits per heavy atom. The average molecular weight is 693 g/mol. The molecule has 14 nitrogen and oxygen atoms in total. The van der Waals surface area contributed by atoms with Crippen LogP contribution in [0.1, 0.15) is 77.0 Å². The van der Waals surface area contributed by atoms with Crippen molar-refractivity contribution < 1.29 is 47.7 Å². The molecule has 276 valence electrons. The Kier molecular flexibility index (Phi) is 21.8. The highest BCUT2D eigenvalue weighted by Gasteiger charge is 2.49. The van der Waals surface area contributed by atoms with Crippen molar-refractivity contribution in [2.75, 3.05) is 73.5 Å². The van der Waals surface area contributed by atoms with Crippen LogP contribution in [-0.4, -0.2) is 115 Å². The molecule has 2 aliphatic rings. The van der Waals surface area contributed by atoms with E-state index in [0.717, 1.165) is 25.7 Å². The molecular weight excluding hydrogens is 636 g/mol. The van der Waals surface area contributed by atoms with Gasteiger partial charge in [-0.15, -0.1) is 11.8 Å². The Balaban J connectivity index is 1.44. The van der Waals surface area contributed by atoms with Gasteiger partial charge in [-0.2, -0.15) is 0 Å². The maximum Gasteiger partial charge on any atom is 0.222 e. The van der Waals surface area contributed by atoms with E-state index in [2.05, 4.69) is 33.1 Å². The lowest BCUT2D eigenvalue weighted by atomic mass is 9.99. The SMILES string of the molecule is CNC(=O)CCC(=O)CC[C@H](NC(=O)CCOCCOCCOCCOCCNC(=O)CC1C2CCC#CCCC21)C(=O)CCC(=O)NC. The van der Waals surface area contributed by atoms with Gasteiger partial charge in [0.2, 0.25) is 23.6 Å². The fraction of sp³-hybridized carbons (Fsp3) is 0.771. The molecule has 0 aromatic carbocycles. The van der Waals surface area contributed by atoms with Crippen LogP contribution in [0.3, 0.4) is 0 Å². The highest BCUT2D eigenvalue weighted by molar-refractivity contribution is 5.92. The summed E-state index contributed by atoms with van der Waals surface area (Å²) in [4.78, 5) is 72.5. The zero-order valence-electron chi connectivity index (χ0n) is 29.2. The van der Waals surface area contributed by atoms with E-state index in [4.69, 9.17) is 18.9 Å². The van der Waals surface area contributed by atoms with E-state index < -0.39 is 11.9 Å². The third-order valence-electron chi connectivity index (χ3n) is 8.64. The van der Waals surface area contributed by atoms with E-state index >= 15 is 0 Å². The number of nitrogens with one attached hydrogen (secondary N) is 4. The van der Waals surface area contributed by atoms with E-state index in [0.29, 0.717) is 70.4 Å². The van der Waals surface area contributed by atoms with Crippen molar-refractivity contribution in [3.8, 4) is 11.8 Å². The van der Waals surface area contributed by atoms with Crippen LogP contribution in [0, 0.1) is 29.6 Å². The lowest BCUT2D eigenvalue weighted by molar-refractivity contribution is -0.130. The predicted molar refractivity (Wildman–Crippen MR) is 180 cm³/mol. The molecule has 4 N–H and O–H groups in total. The second kappa shape index (κ2) is 25.6. The van der Waals surface area contributed by atoms with Gasteiger partial charge in [0, 0.05) is 78.4 Å². The first kappa shape index (κ1) is 41.8. The van der Waals surface area contributed by atoms with Crippen molar-refractivity contribution in [2.45, 2.75) is 83.1 Å². The Morgan fingerprint density at radius 3 is 1.71 bits per heavy atom. The Morgan fingerprint density at radius 1 is 0.612 bits per heavy atom. The molecule has 14 heteroatoms. The highest BCUT2D eigenvalue weighted by atomic mass is 16.6. The largest absolute Gasteiger partial charge is 0.379 e. The van der Waals surface area contributed by atoms with E-state index in [9.17, 15) is 28.8 Å². The number of ketones is 2. The van der Waals surface area contributed by atoms with Crippen molar-refractivity contribution in [3.05, 3.63) is 0 Å². The summed E-state index contributed by atoms with van der Waals surface area (Å²) in [5.74, 6) is 6.84. The Bertz CT molecular complexity index is 1100. The fourth-order valence-electron chi connectivity index (χ4n) is 5.74. The first-order valence-electron chi connectivity index (χ1n) is 17.5. The second-order valence-electron chi connectivity index (χ2n) is 12.2. The van der Waals surface area contributed by atoms with E-state index in [1.54, 1.807) is 0 Å². The molecule has 4 amide bonds. The summed E-state index contributed by atoms with van der Waals surface area (Å²) in [7, 11) is 2.96. The van der Waals surface area contributed by atoms with E-state index in [-0.39, 0.29) is 87.4 Å². The molecule has 1 fully saturated rings. The minimum absolute atomic E-state index is 0.00786. The van der Waals surface area contributed by atoms with Gasteiger partial charge in [-0.3, -0.25) is 28.8 Å². The van der Waals surface area contributed by atoms with Gasteiger partial charge in [0.15, 0.2) is 5.78 Å². The number of hydrogen-bond acceptors (Lipinski definition) is 10. The maximum atomic E-state index is 12.7. The topological polar surface area (TPSA) is 187 Å². The van der Waals surface area contributed by atoms with E-state index in [1.165, 1.54) is 14.1 Å². The van der Waals surface area contributed by atoms with Crippen LogP contribution in [-0.2, 0) is 47.7 Å². The highest BCUT2D eigenvalue weighted by Crippen LogP contribution is 2.54. The van der Waals surface area contributed by atoms with Gasteiger partial charge in [0.1, 0.15) is 5.78 Å². The van der Waals surface area contributed by atoms with Gasteiger partial charge in [-0.05, 0) is 37.0 Å². The molecule has 0 spiro atoms. The minimum Gasteiger partial charge on any atom is -0.379 e. The number of amides is 4. The smallest absolute Gasteiger partial charge is 0.222 e. The predicted octanol–water partition coefficient (Wildman–Crippen LogP) is 0.844. The number of ether oxygens (including phenoxy) is 4. The molecule has 0 bridgehead atoms. The fourth-order valence-corrected chi connectivity index (χ4v) is 5.74. The number of hydrogen-bond donors (Lipinski definition) is 4. The van der Waals surface area contributed by atoms with Gasteiger partial charge in [-0.1, -0.05) is 0 Å². The van der Waals surface area contributed by atoms with Gasteiger partial charge >= 0.3 is 0 Å². The summed E-state index contributed by atoms with van der Waals surface area (Å²) in [6.07, 6.45) is 4.86. The summed E-state index contributed by atoms with van der Waals surface area (Å²) >= 11 is 0. The minimum atomic E-state index is -0.914. The van der Waals surface area contributed by atoms with Crippen LogP contribution in [0.2, 0.25) is 0 Å². The molecule has 0 radical (unpaired) electrons. The first-order valence-corrected chi connectivity index (χ1v) is 17.5. The van der Waals surface area contributed by atoms with Crippen molar-refractivity contribution in [3.63, 3.8) is 0 Å². The summed E-state index contributed by atoms with van der Waals surface area (Å²) in [6, 6.07) is -0.914. The second-order valence-corrected chi connectivity index (χ2v) is 12.2. The molecule has 0 saturated heterocycles. The third-order valence-corrected chi connectivity index (χ3v) is 8.64. The molecule has 49 heavy (non-hydrogen) atoms. The molecule has 0 heterocycles. The van der Waals surface area contributed by atoms with Gasteiger partial charge < -0.3 is 40.2 Å². The van der Waals surface area contributed by atoms with Crippen molar-refractivity contribution in [1.82, 2.24) is 21.3 Å². The molecule has 1 saturated carbocycles. The quantitative estimate of drug-likeness (QED) is 0.0676. The molecule has 0 aromatic heterocycles. The maximum absolute atomic E-state index is 12.7. The van der Waals surface area contributed by atoms with Crippen LogP contribution >= 0.6 is 0 Å².